The molecule has 0 radical (unpaired) electrons. The lowest BCUT2D eigenvalue weighted by Crippen LogP contribution is -2.38. The summed E-state index contributed by atoms with van der Waals surface area (Å²) in [6.07, 6.45) is 2.22. The summed E-state index contributed by atoms with van der Waals surface area (Å²) in [5, 5.41) is 3.07. The Morgan fingerprint density at radius 1 is 0.971 bits per heavy atom. The molecule has 1 amide bonds. The van der Waals surface area contributed by atoms with E-state index in [0.29, 0.717) is 37.1 Å². The average molecular weight is 459 g/mol. The lowest BCUT2D eigenvalue weighted by atomic mass is 9.88. The van der Waals surface area contributed by atoms with Gasteiger partial charge in [0.15, 0.2) is 5.78 Å². The number of rotatable bonds is 6. The van der Waals surface area contributed by atoms with Crippen LogP contribution in [0.1, 0.15) is 57.2 Å². The van der Waals surface area contributed by atoms with Crippen LogP contribution in [0.25, 0.3) is 0 Å². The van der Waals surface area contributed by atoms with Crippen molar-refractivity contribution in [1.82, 2.24) is 0 Å². The summed E-state index contributed by atoms with van der Waals surface area (Å²) < 4.78 is 13.2. The van der Waals surface area contributed by atoms with Crippen LogP contribution in [0.15, 0.2) is 60.7 Å². The Bertz CT molecular complexity index is 1180. The third-order valence-corrected chi connectivity index (χ3v) is 6.54. The molecule has 1 N–H and O–H groups in total. The Morgan fingerprint density at radius 3 is 2.24 bits per heavy atom. The number of halogens is 1. The number of piperidine rings is 1. The predicted molar refractivity (Wildman–Crippen MR) is 135 cm³/mol. The number of benzene rings is 3. The minimum absolute atomic E-state index is 0.0659. The van der Waals surface area contributed by atoms with E-state index in [9.17, 15) is 14.0 Å². The minimum Gasteiger partial charge on any atom is -0.371 e. The highest BCUT2D eigenvalue weighted by atomic mass is 19.1. The van der Waals surface area contributed by atoms with E-state index in [0.717, 1.165) is 34.5 Å². The number of amides is 1. The van der Waals surface area contributed by atoms with Crippen molar-refractivity contribution in [3.05, 3.63) is 94.3 Å². The van der Waals surface area contributed by atoms with Crippen LogP contribution in [0.4, 0.5) is 15.8 Å². The van der Waals surface area contributed by atoms with Crippen LogP contribution in [-0.4, -0.2) is 24.8 Å². The molecule has 176 valence electrons. The highest BCUT2D eigenvalue weighted by Crippen LogP contribution is 2.32. The Morgan fingerprint density at radius 2 is 1.62 bits per heavy atom. The number of nitrogens with zero attached hydrogens (tertiary/aromatic N) is 1. The van der Waals surface area contributed by atoms with Gasteiger partial charge >= 0.3 is 0 Å². The number of carbonyl (C=O) groups is 2. The summed E-state index contributed by atoms with van der Waals surface area (Å²) in [6, 6.07) is 17.7. The molecular weight excluding hydrogens is 427 g/mol. The fraction of sp³-hybridized carbons (Fsp3) is 0.310. The van der Waals surface area contributed by atoms with Crippen LogP contribution >= 0.6 is 0 Å². The Balaban J connectivity index is 1.53. The zero-order chi connectivity index (χ0) is 24.2. The summed E-state index contributed by atoms with van der Waals surface area (Å²) in [7, 11) is 0. The van der Waals surface area contributed by atoms with Crippen molar-refractivity contribution >= 4 is 23.1 Å². The number of ketones is 1. The lowest BCUT2D eigenvalue weighted by molar-refractivity contribution is 0.0899. The van der Waals surface area contributed by atoms with E-state index in [1.807, 2.05) is 38.1 Å². The largest absolute Gasteiger partial charge is 0.371 e. The Kier molecular flexibility index (Phi) is 7.11. The van der Waals surface area contributed by atoms with Gasteiger partial charge in [-0.3, -0.25) is 9.59 Å². The number of carbonyl (C=O) groups excluding carboxylic acids is 2. The first-order valence-electron chi connectivity index (χ1n) is 11.9. The van der Waals surface area contributed by atoms with E-state index in [1.165, 1.54) is 12.1 Å². The van der Waals surface area contributed by atoms with Gasteiger partial charge < -0.3 is 10.2 Å². The maximum Gasteiger partial charge on any atom is 0.257 e. The van der Waals surface area contributed by atoms with Crippen molar-refractivity contribution < 1.29 is 14.0 Å². The molecule has 1 heterocycles. The van der Waals surface area contributed by atoms with Gasteiger partial charge in [-0.05, 0) is 92.3 Å². The first kappa shape index (κ1) is 23.7. The normalized spacial score (nSPS) is 14.2. The van der Waals surface area contributed by atoms with Crippen LogP contribution in [0, 0.1) is 25.6 Å². The number of para-hydroxylation sites is 1. The van der Waals surface area contributed by atoms with E-state index in [1.54, 1.807) is 12.1 Å². The summed E-state index contributed by atoms with van der Waals surface area (Å²) in [5.41, 5.74) is 6.29. The van der Waals surface area contributed by atoms with Crippen molar-refractivity contribution in [2.24, 2.45) is 5.92 Å². The standard InChI is InChI=1S/C29H31FN2O2/c1-4-21-6-5-7-26(29(34)31-25-17-19(2)16-20(3)18-25)27(21)32-14-12-23(13-15-32)28(33)22-8-10-24(30)11-9-22/h5-11,16-18,23H,4,12-15H2,1-3H3,(H,31,34). The van der Waals surface area contributed by atoms with Crippen LogP contribution in [-0.2, 0) is 6.42 Å². The molecular formula is C29H31FN2O2. The highest BCUT2D eigenvalue weighted by molar-refractivity contribution is 6.08. The molecule has 4 rings (SSSR count). The topological polar surface area (TPSA) is 49.4 Å². The van der Waals surface area contributed by atoms with E-state index < -0.39 is 0 Å². The molecule has 4 nitrogen and oxygen atoms in total. The zero-order valence-corrected chi connectivity index (χ0v) is 20.0. The number of anilines is 2. The first-order valence-corrected chi connectivity index (χ1v) is 11.9. The summed E-state index contributed by atoms with van der Waals surface area (Å²) in [6.45, 7) is 7.51. The van der Waals surface area contributed by atoms with Gasteiger partial charge in [-0.1, -0.05) is 25.1 Å². The van der Waals surface area contributed by atoms with E-state index in [-0.39, 0.29) is 23.4 Å². The van der Waals surface area contributed by atoms with Gasteiger partial charge in [0.25, 0.3) is 5.91 Å². The van der Waals surface area contributed by atoms with E-state index in [4.69, 9.17) is 0 Å². The molecule has 1 aliphatic heterocycles. The Hall–Kier alpha value is -3.47. The number of Topliss-reactive ketones (excluding diaryl/α,β-unsaturated/α-hetero) is 1. The molecule has 0 spiro atoms. The van der Waals surface area contributed by atoms with E-state index in [2.05, 4.69) is 29.3 Å². The zero-order valence-electron chi connectivity index (χ0n) is 20.0. The van der Waals surface area contributed by atoms with Gasteiger partial charge in [0.05, 0.1) is 11.3 Å². The van der Waals surface area contributed by atoms with Gasteiger partial charge in [0.2, 0.25) is 0 Å². The SMILES string of the molecule is CCc1cccc(C(=O)Nc2cc(C)cc(C)c2)c1N1CCC(C(=O)c2ccc(F)cc2)CC1. The molecule has 1 saturated heterocycles. The van der Waals surface area contributed by atoms with Crippen molar-refractivity contribution in [3.63, 3.8) is 0 Å². The fourth-order valence-electron chi connectivity index (χ4n) is 4.89. The monoisotopic (exact) mass is 458 g/mol. The maximum atomic E-state index is 13.3. The number of nitrogens with one attached hydrogen (secondary N) is 1. The van der Waals surface area contributed by atoms with Gasteiger partial charge in [-0.25, -0.2) is 4.39 Å². The van der Waals surface area contributed by atoms with Crippen molar-refractivity contribution in [2.75, 3.05) is 23.3 Å². The maximum absolute atomic E-state index is 13.3. The molecule has 1 fully saturated rings. The third kappa shape index (κ3) is 5.19. The van der Waals surface area contributed by atoms with Crippen LogP contribution in [0.2, 0.25) is 0 Å². The van der Waals surface area contributed by atoms with Gasteiger partial charge in [-0.2, -0.15) is 0 Å². The van der Waals surface area contributed by atoms with Gasteiger partial charge in [0, 0.05) is 30.3 Å². The second-order valence-corrected chi connectivity index (χ2v) is 9.13. The van der Waals surface area contributed by atoms with Crippen molar-refractivity contribution in [2.45, 2.75) is 40.0 Å². The number of aryl methyl sites for hydroxylation is 3. The fourth-order valence-corrected chi connectivity index (χ4v) is 4.89. The third-order valence-electron chi connectivity index (χ3n) is 6.54. The van der Waals surface area contributed by atoms with Crippen LogP contribution in [0.3, 0.4) is 0 Å². The quantitative estimate of drug-likeness (QED) is 0.438. The molecule has 3 aromatic carbocycles. The molecule has 1 aliphatic rings. The summed E-state index contributed by atoms with van der Waals surface area (Å²) in [4.78, 5) is 28.5. The second kappa shape index (κ2) is 10.2. The summed E-state index contributed by atoms with van der Waals surface area (Å²) in [5.74, 6) is -0.492. The average Bonchev–Trinajstić information content (AvgIpc) is 2.83. The second-order valence-electron chi connectivity index (χ2n) is 9.13. The molecule has 0 bridgehead atoms. The highest BCUT2D eigenvalue weighted by Gasteiger charge is 2.29. The smallest absolute Gasteiger partial charge is 0.257 e. The predicted octanol–water partition coefficient (Wildman–Crippen LogP) is 6.36. The van der Waals surface area contributed by atoms with E-state index >= 15 is 0 Å². The molecule has 0 aliphatic carbocycles. The van der Waals surface area contributed by atoms with Crippen LogP contribution < -0.4 is 10.2 Å². The first-order chi connectivity index (χ1) is 16.4. The molecule has 0 saturated carbocycles. The van der Waals surface area contributed by atoms with Crippen molar-refractivity contribution in [3.8, 4) is 0 Å². The van der Waals surface area contributed by atoms with Gasteiger partial charge in [0.1, 0.15) is 5.82 Å². The summed E-state index contributed by atoms with van der Waals surface area (Å²) >= 11 is 0. The Labute approximate surface area is 200 Å². The van der Waals surface area contributed by atoms with Gasteiger partial charge in [-0.15, -0.1) is 0 Å². The molecule has 5 heteroatoms. The molecule has 0 unspecified atom stereocenters. The number of hydrogen-bond donors (Lipinski definition) is 1. The minimum atomic E-state index is -0.339. The van der Waals surface area contributed by atoms with Crippen molar-refractivity contribution in [1.29, 1.82) is 0 Å². The number of hydrogen-bond acceptors (Lipinski definition) is 3. The molecule has 0 aromatic heterocycles. The van der Waals surface area contributed by atoms with Crippen LogP contribution in [0.5, 0.6) is 0 Å². The molecule has 0 atom stereocenters. The molecule has 34 heavy (non-hydrogen) atoms. The lowest BCUT2D eigenvalue weighted by Gasteiger charge is -2.35. The molecule has 3 aromatic rings.